The van der Waals surface area contributed by atoms with Crippen LogP contribution in [-0.2, 0) is 9.63 Å². The zero-order valence-electron chi connectivity index (χ0n) is 25.1. The molecule has 11 nitrogen and oxygen atoms in total. The van der Waals surface area contributed by atoms with Gasteiger partial charge in [-0.3, -0.25) is 9.69 Å². The maximum atomic E-state index is 14.4. The molecule has 1 saturated carbocycles. The van der Waals surface area contributed by atoms with Crippen molar-refractivity contribution < 1.29 is 38.4 Å². The first-order valence-electron chi connectivity index (χ1n) is 15.4. The maximum Gasteiger partial charge on any atom is 0.299 e. The Morgan fingerprint density at radius 1 is 1.07 bits per heavy atom. The van der Waals surface area contributed by atoms with Gasteiger partial charge in [-0.1, -0.05) is 36.4 Å². The van der Waals surface area contributed by atoms with E-state index in [2.05, 4.69) is 20.0 Å². The summed E-state index contributed by atoms with van der Waals surface area (Å²) in [6, 6.07) is 8.37. The Kier molecular flexibility index (Phi) is 15.0. The van der Waals surface area contributed by atoms with Gasteiger partial charge in [0, 0.05) is 64.6 Å². The van der Waals surface area contributed by atoms with Gasteiger partial charge in [0.2, 0.25) is 5.91 Å². The molecule has 1 aliphatic heterocycles. The van der Waals surface area contributed by atoms with Crippen molar-refractivity contribution in [3.63, 3.8) is 0 Å². The van der Waals surface area contributed by atoms with Crippen LogP contribution in [0, 0.1) is 22.0 Å². The molecule has 2 fully saturated rings. The Morgan fingerprint density at radius 3 is 2.48 bits per heavy atom. The van der Waals surface area contributed by atoms with Crippen LogP contribution in [0.4, 0.5) is 8.78 Å². The van der Waals surface area contributed by atoms with Crippen LogP contribution >= 0.6 is 0 Å². The number of rotatable bonds is 19. The molecule has 1 aromatic carbocycles. The van der Waals surface area contributed by atoms with Crippen LogP contribution in [0.15, 0.2) is 54.6 Å². The summed E-state index contributed by atoms with van der Waals surface area (Å²) >= 11 is 0. The summed E-state index contributed by atoms with van der Waals surface area (Å²) in [5.41, 5.74) is 0. The quantitative estimate of drug-likeness (QED) is 0.0918. The number of ether oxygens (including phenoxy) is 1. The summed E-state index contributed by atoms with van der Waals surface area (Å²) < 4.78 is 34.0. The molecular weight excluding hydrogens is 578 g/mol. The number of allylic oxidation sites excluding steroid dienone is 2. The molecule has 0 unspecified atom stereocenters. The second-order valence-electron chi connectivity index (χ2n) is 11.4. The summed E-state index contributed by atoms with van der Waals surface area (Å²) in [6.07, 6.45) is 7.09. The third-order valence-electron chi connectivity index (χ3n) is 8.03. The predicted octanol–water partition coefficient (Wildman–Crippen LogP) is 3.06. The summed E-state index contributed by atoms with van der Waals surface area (Å²) in [4.78, 5) is 31.3. The Bertz CT molecular complexity index is 1050. The molecule has 1 aliphatic carbocycles. The number of amides is 1. The molecule has 1 aromatic rings. The zero-order chi connectivity index (χ0) is 31.8. The van der Waals surface area contributed by atoms with Gasteiger partial charge in [-0.25, -0.2) is 0 Å². The molecule has 13 heteroatoms. The van der Waals surface area contributed by atoms with Crippen LogP contribution in [0.1, 0.15) is 38.5 Å². The van der Waals surface area contributed by atoms with Crippen molar-refractivity contribution in [3.05, 3.63) is 64.8 Å². The fourth-order valence-electron chi connectivity index (χ4n) is 5.56. The third-order valence-corrected chi connectivity index (χ3v) is 8.03. The van der Waals surface area contributed by atoms with E-state index >= 15 is 0 Å². The molecule has 1 saturated heterocycles. The number of nitrogens with zero attached hydrogens (tertiary/aromatic N) is 3. The highest BCUT2D eigenvalue weighted by molar-refractivity contribution is 5.75. The van der Waals surface area contributed by atoms with E-state index in [4.69, 9.17) is 4.74 Å². The van der Waals surface area contributed by atoms with Crippen molar-refractivity contribution in [1.82, 2.24) is 15.1 Å². The lowest BCUT2D eigenvalue weighted by molar-refractivity contribution is -0.757. The maximum absolute atomic E-state index is 14.4. The van der Waals surface area contributed by atoms with Crippen LogP contribution in [0.3, 0.4) is 0 Å². The SMILES string of the molecule is O=C(CCC/C=C\C[C@@H]1[C@@H](/C=C/C(F)(F)COc2ccccc2)[C@H](O)C[C@@H]1O)NCCN1CCN(CCCO[N+](=O)[O-])CC1. The molecule has 3 N–H and O–H groups in total. The molecule has 0 bridgehead atoms. The smallest absolute Gasteiger partial charge is 0.299 e. The van der Waals surface area contributed by atoms with Crippen LogP contribution < -0.4 is 10.1 Å². The topological polar surface area (TPSA) is 138 Å². The molecule has 246 valence electrons. The van der Waals surface area contributed by atoms with E-state index in [1.807, 2.05) is 12.2 Å². The van der Waals surface area contributed by atoms with Crippen molar-refractivity contribution in [3.8, 4) is 5.75 Å². The molecule has 2 aliphatic rings. The van der Waals surface area contributed by atoms with Crippen LogP contribution in [0.25, 0.3) is 0 Å². The summed E-state index contributed by atoms with van der Waals surface area (Å²) in [6.45, 7) is 4.90. The Hall–Kier alpha value is -3.13. The second kappa shape index (κ2) is 18.6. The highest BCUT2D eigenvalue weighted by Gasteiger charge is 2.40. The third kappa shape index (κ3) is 13.2. The van der Waals surface area contributed by atoms with Gasteiger partial charge in [0.1, 0.15) is 5.75 Å². The number of carbonyl (C=O) groups excluding carboxylic acids is 1. The number of hydrogen-bond acceptors (Lipinski definition) is 9. The minimum Gasteiger partial charge on any atom is -0.487 e. The number of unbranched alkanes of at least 4 members (excludes halogenated alkanes) is 1. The molecule has 3 rings (SSSR count). The minimum absolute atomic E-state index is 0.0143. The number of nitrogens with one attached hydrogen (secondary N) is 1. The number of para-hydroxylation sites is 1. The predicted molar refractivity (Wildman–Crippen MR) is 161 cm³/mol. The number of benzene rings is 1. The normalized spacial score (nSPS) is 23.4. The van der Waals surface area contributed by atoms with Gasteiger partial charge in [-0.2, -0.15) is 8.78 Å². The van der Waals surface area contributed by atoms with E-state index in [0.717, 1.165) is 45.3 Å². The average Bonchev–Trinajstić information content (AvgIpc) is 3.27. The lowest BCUT2D eigenvalue weighted by Gasteiger charge is -2.34. The van der Waals surface area contributed by atoms with Gasteiger partial charge < -0.3 is 30.0 Å². The van der Waals surface area contributed by atoms with Crippen molar-refractivity contribution in [2.75, 3.05) is 59.0 Å². The fraction of sp³-hybridized carbons (Fsp3) is 0.645. The first-order valence-corrected chi connectivity index (χ1v) is 15.4. The first-order chi connectivity index (χ1) is 21.1. The van der Waals surface area contributed by atoms with E-state index in [1.54, 1.807) is 30.3 Å². The summed E-state index contributed by atoms with van der Waals surface area (Å²) in [5, 5.41) is 33.2. The fourth-order valence-corrected chi connectivity index (χ4v) is 5.56. The van der Waals surface area contributed by atoms with Gasteiger partial charge in [-0.05, 0) is 49.8 Å². The number of hydrogen-bond donors (Lipinski definition) is 3. The zero-order valence-corrected chi connectivity index (χ0v) is 25.1. The number of aliphatic hydroxyl groups is 2. The first kappa shape index (κ1) is 35.4. The van der Waals surface area contributed by atoms with Crippen LogP contribution in [0.2, 0.25) is 0 Å². The van der Waals surface area contributed by atoms with Crippen molar-refractivity contribution in [2.24, 2.45) is 11.8 Å². The average molecular weight is 625 g/mol. The number of aliphatic hydroxyl groups excluding tert-OH is 2. The number of piperazine rings is 1. The molecule has 4 atom stereocenters. The van der Waals surface area contributed by atoms with E-state index in [9.17, 15) is 33.9 Å². The lowest BCUT2D eigenvalue weighted by atomic mass is 9.89. The molecule has 1 amide bonds. The Labute approximate surface area is 257 Å². The van der Waals surface area contributed by atoms with Crippen LogP contribution in [0.5, 0.6) is 5.75 Å². The van der Waals surface area contributed by atoms with E-state index in [1.165, 1.54) is 6.08 Å². The standard InChI is InChI=1S/C31H46F2N4O7/c32-31(33,24-43-25-9-4-3-5-10-25)14-13-27-26(28(38)23-29(27)39)11-6-1-2-7-12-30(40)34-15-17-36-20-18-35(19-21-36)16-8-22-44-37(41)42/h1,3-6,9-10,13-14,26-29,38-39H,2,7-8,11-12,15-24H2,(H,34,40)/b6-1-,14-13+/t26-,27-,28+,29-/m1/s1. The van der Waals surface area contributed by atoms with Gasteiger partial charge >= 0.3 is 0 Å². The number of alkyl halides is 2. The van der Waals surface area contributed by atoms with Gasteiger partial charge in [-0.15, -0.1) is 10.1 Å². The van der Waals surface area contributed by atoms with Crippen molar-refractivity contribution >= 4 is 5.91 Å². The lowest BCUT2D eigenvalue weighted by Crippen LogP contribution is -2.48. The number of carbonyl (C=O) groups is 1. The minimum atomic E-state index is -3.22. The van der Waals surface area contributed by atoms with E-state index in [-0.39, 0.29) is 24.9 Å². The van der Waals surface area contributed by atoms with E-state index < -0.39 is 35.7 Å². The molecule has 1 heterocycles. The van der Waals surface area contributed by atoms with E-state index in [0.29, 0.717) is 44.4 Å². The summed E-state index contributed by atoms with van der Waals surface area (Å²) in [5.74, 6) is -3.86. The summed E-state index contributed by atoms with van der Waals surface area (Å²) in [7, 11) is 0. The Morgan fingerprint density at radius 2 is 1.77 bits per heavy atom. The van der Waals surface area contributed by atoms with Gasteiger partial charge in [0.25, 0.3) is 11.0 Å². The highest BCUT2D eigenvalue weighted by atomic mass is 19.3. The molecular formula is C31H46F2N4O7. The highest BCUT2D eigenvalue weighted by Crippen LogP contribution is 2.37. The number of halogens is 2. The largest absolute Gasteiger partial charge is 0.487 e. The molecule has 0 radical (unpaired) electrons. The monoisotopic (exact) mass is 624 g/mol. The Balaban J connectivity index is 1.27. The van der Waals surface area contributed by atoms with Crippen molar-refractivity contribution in [1.29, 1.82) is 0 Å². The second-order valence-corrected chi connectivity index (χ2v) is 11.4. The van der Waals surface area contributed by atoms with Crippen molar-refractivity contribution in [2.45, 2.75) is 56.7 Å². The molecule has 0 aromatic heterocycles. The molecule has 44 heavy (non-hydrogen) atoms. The molecule has 0 spiro atoms. The van der Waals surface area contributed by atoms with Gasteiger partial charge in [0.05, 0.1) is 18.8 Å². The van der Waals surface area contributed by atoms with Crippen LogP contribution in [-0.4, -0.2) is 108 Å². The van der Waals surface area contributed by atoms with Gasteiger partial charge in [0.15, 0.2) is 6.61 Å².